The van der Waals surface area contributed by atoms with Crippen LogP contribution < -0.4 is 10.6 Å². The van der Waals surface area contributed by atoms with Gasteiger partial charge in [-0.05, 0) is 59.3 Å². The molecule has 1 fully saturated rings. The molecular formula is C23H46N4O4. The Hall–Kier alpha value is -1.54. The van der Waals surface area contributed by atoms with Gasteiger partial charge in [-0.1, -0.05) is 13.8 Å². The van der Waals surface area contributed by atoms with Crippen molar-refractivity contribution in [2.75, 3.05) is 46.4 Å². The van der Waals surface area contributed by atoms with Crippen LogP contribution in [0.15, 0.2) is 4.99 Å². The number of nitrogens with zero attached hydrogens (tertiary/aromatic N) is 2. The molecule has 1 saturated heterocycles. The lowest BCUT2D eigenvalue weighted by molar-refractivity contribution is 0.0166. The summed E-state index contributed by atoms with van der Waals surface area (Å²) in [5.74, 6) is 1.47. The third-order valence-corrected chi connectivity index (χ3v) is 5.13. The SMILES string of the molecule is CCOC(CCNC(=NC)N1CCC(OCCCNC(=O)OC(C)(C)C)CC1)C(C)C. The topological polar surface area (TPSA) is 84.4 Å². The summed E-state index contributed by atoms with van der Waals surface area (Å²) in [6.07, 6.45) is 3.88. The molecule has 8 nitrogen and oxygen atoms in total. The van der Waals surface area contributed by atoms with Crippen molar-refractivity contribution in [1.29, 1.82) is 0 Å². The molecule has 1 aliphatic heterocycles. The van der Waals surface area contributed by atoms with E-state index in [-0.39, 0.29) is 18.3 Å². The Morgan fingerprint density at radius 2 is 1.84 bits per heavy atom. The fourth-order valence-corrected chi connectivity index (χ4v) is 3.54. The minimum absolute atomic E-state index is 0.263. The van der Waals surface area contributed by atoms with E-state index in [0.717, 1.165) is 57.9 Å². The summed E-state index contributed by atoms with van der Waals surface area (Å²) >= 11 is 0. The molecule has 8 heteroatoms. The van der Waals surface area contributed by atoms with Gasteiger partial charge in [-0.3, -0.25) is 4.99 Å². The lowest BCUT2D eigenvalue weighted by Crippen LogP contribution is -2.47. The molecule has 1 atom stereocenters. The maximum Gasteiger partial charge on any atom is 0.407 e. The fraction of sp³-hybridized carbons (Fsp3) is 0.913. The summed E-state index contributed by atoms with van der Waals surface area (Å²) in [6, 6.07) is 0. The van der Waals surface area contributed by atoms with Crippen LogP contribution in [0.25, 0.3) is 0 Å². The Balaban J connectivity index is 2.20. The first-order valence-corrected chi connectivity index (χ1v) is 11.8. The van der Waals surface area contributed by atoms with E-state index in [9.17, 15) is 4.79 Å². The maximum absolute atomic E-state index is 11.6. The van der Waals surface area contributed by atoms with E-state index in [1.54, 1.807) is 0 Å². The molecule has 0 aromatic rings. The third kappa shape index (κ3) is 12.2. The van der Waals surface area contributed by atoms with Gasteiger partial charge in [0.1, 0.15) is 5.60 Å². The standard InChI is InChI=1S/C23H46N4O4/c1-8-29-20(18(2)3)10-14-25-21(24-7)27-15-11-19(12-16-27)30-17-9-13-26-22(28)31-23(4,5)6/h18-20H,8-17H2,1-7H3,(H,24,25)(H,26,28). The van der Waals surface area contributed by atoms with Gasteiger partial charge in [-0.25, -0.2) is 4.79 Å². The summed E-state index contributed by atoms with van der Waals surface area (Å²) in [5.41, 5.74) is -0.469. The Bertz CT molecular complexity index is 526. The van der Waals surface area contributed by atoms with Crippen LogP contribution in [0.3, 0.4) is 0 Å². The molecule has 0 spiro atoms. The molecule has 182 valence electrons. The van der Waals surface area contributed by atoms with Crippen molar-refractivity contribution in [1.82, 2.24) is 15.5 Å². The number of nitrogens with one attached hydrogen (secondary N) is 2. The number of hydrogen-bond acceptors (Lipinski definition) is 5. The number of hydrogen-bond donors (Lipinski definition) is 2. The van der Waals surface area contributed by atoms with Gasteiger partial charge in [0.05, 0.1) is 12.2 Å². The number of guanidine groups is 1. The van der Waals surface area contributed by atoms with E-state index >= 15 is 0 Å². The molecule has 0 radical (unpaired) electrons. The Labute approximate surface area is 189 Å². The second-order valence-corrected chi connectivity index (χ2v) is 9.34. The molecule has 1 rings (SSSR count). The number of piperidine rings is 1. The molecule has 0 aliphatic carbocycles. The molecule has 2 N–H and O–H groups in total. The average Bonchev–Trinajstić information content (AvgIpc) is 2.69. The van der Waals surface area contributed by atoms with Crippen molar-refractivity contribution in [3.05, 3.63) is 0 Å². The van der Waals surface area contributed by atoms with E-state index in [1.807, 2.05) is 34.7 Å². The van der Waals surface area contributed by atoms with Crippen LogP contribution >= 0.6 is 0 Å². The molecule has 31 heavy (non-hydrogen) atoms. The first-order chi connectivity index (χ1) is 14.7. The first kappa shape index (κ1) is 27.5. The maximum atomic E-state index is 11.6. The number of carbonyl (C=O) groups is 1. The van der Waals surface area contributed by atoms with E-state index in [1.165, 1.54) is 0 Å². The average molecular weight is 443 g/mol. The monoisotopic (exact) mass is 442 g/mol. The van der Waals surface area contributed by atoms with E-state index < -0.39 is 5.60 Å². The van der Waals surface area contributed by atoms with Gasteiger partial charge < -0.3 is 29.7 Å². The number of carbonyl (C=O) groups excluding carboxylic acids is 1. The highest BCUT2D eigenvalue weighted by Crippen LogP contribution is 2.15. The van der Waals surface area contributed by atoms with E-state index in [0.29, 0.717) is 19.1 Å². The molecule has 1 aliphatic rings. The Kier molecular flexibility index (Phi) is 12.9. The van der Waals surface area contributed by atoms with Crippen LogP contribution in [0, 0.1) is 5.92 Å². The predicted octanol–water partition coefficient (Wildman–Crippen LogP) is 3.41. The number of alkyl carbamates (subject to hydrolysis) is 1. The largest absolute Gasteiger partial charge is 0.444 e. The Morgan fingerprint density at radius 1 is 1.16 bits per heavy atom. The summed E-state index contributed by atoms with van der Waals surface area (Å²) in [7, 11) is 1.84. The normalized spacial score (nSPS) is 17.0. The molecule has 1 amide bonds. The van der Waals surface area contributed by atoms with Crippen LogP contribution in [0.2, 0.25) is 0 Å². The number of likely N-dealkylation sites (tertiary alicyclic amines) is 1. The molecule has 0 aromatic heterocycles. The molecule has 0 aromatic carbocycles. The molecule has 0 bridgehead atoms. The van der Waals surface area contributed by atoms with Crippen molar-refractivity contribution in [2.45, 2.75) is 85.0 Å². The zero-order chi connectivity index (χ0) is 23.3. The van der Waals surface area contributed by atoms with Crippen LogP contribution in [0.1, 0.15) is 67.2 Å². The highest BCUT2D eigenvalue weighted by molar-refractivity contribution is 5.79. The van der Waals surface area contributed by atoms with Gasteiger partial charge in [-0.15, -0.1) is 0 Å². The highest BCUT2D eigenvalue weighted by atomic mass is 16.6. The minimum atomic E-state index is -0.469. The minimum Gasteiger partial charge on any atom is -0.444 e. The van der Waals surface area contributed by atoms with Gasteiger partial charge in [-0.2, -0.15) is 0 Å². The summed E-state index contributed by atoms with van der Waals surface area (Å²) in [4.78, 5) is 18.4. The van der Waals surface area contributed by atoms with Crippen molar-refractivity contribution in [3.8, 4) is 0 Å². The van der Waals surface area contributed by atoms with Crippen molar-refractivity contribution >= 4 is 12.1 Å². The number of amides is 1. The number of aliphatic imine (C=N–C) groups is 1. The van der Waals surface area contributed by atoms with Crippen LogP contribution in [0.4, 0.5) is 4.79 Å². The van der Waals surface area contributed by atoms with Gasteiger partial charge in [0.25, 0.3) is 0 Å². The van der Waals surface area contributed by atoms with Crippen LogP contribution in [-0.4, -0.2) is 81.2 Å². The summed E-state index contributed by atoms with van der Waals surface area (Å²) < 4.78 is 17.0. The third-order valence-electron chi connectivity index (χ3n) is 5.13. The summed E-state index contributed by atoms with van der Waals surface area (Å²) in [5, 5.41) is 6.25. The highest BCUT2D eigenvalue weighted by Gasteiger charge is 2.22. The Morgan fingerprint density at radius 3 is 2.39 bits per heavy atom. The zero-order valence-corrected chi connectivity index (χ0v) is 20.8. The lowest BCUT2D eigenvalue weighted by Gasteiger charge is -2.34. The smallest absolute Gasteiger partial charge is 0.407 e. The van der Waals surface area contributed by atoms with Crippen LogP contribution in [0.5, 0.6) is 0 Å². The summed E-state index contributed by atoms with van der Waals surface area (Å²) in [6.45, 7) is 16.7. The number of rotatable bonds is 11. The first-order valence-electron chi connectivity index (χ1n) is 11.8. The quantitative estimate of drug-likeness (QED) is 0.290. The second-order valence-electron chi connectivity index (χ2n) is 9.34. The lowest BCUT2D eigenvalue weighted by atomic mass is 10.0. The van der Waals surface area contributed by atoms with Crippen molar-refractivity contribution in [2.24, 2.45) is 10.9 Å². The molecule has 0 saturated carbocycles. The number of ether oxygens (including phenoxy) is 3. The second kappa shape index (κ2) is 14.5. The zero-order valence-electron chi connectivity index (χ0n) is 20.8. The van der Waals surface area contributed by atoms with E-state index in [4.69, 9.17) is 14.2 Å². The van der Waals surface area contributed by atoms with Crippen molar-refractivity contribution < 1.29 is 19.0 Å². The van der Waals surface area contributed by atoms with Gasteiger partial charge >= 0.3 is 6.09 Å². The fourth-order valence-electron chi connectivity index (χ4n) is 3.54. The van der Waals surface area contributed by atoms with Gasteiger partial charge in [0.15, 0.2) is 5.96 Å². The predicted molar refractivity (Wildman–Crippen MR) is 126 cm³/mol. The molecule has 1 heterocycles. The van der Waals surface area contributed by atoms with Gasteiger partial charge in [0.2, 0.25) is 0 Å². The van der Waals surface area contributed by atoms with Crippen molar-refractivity contribution in [3.63, 3.8) is 0 Å². The van der Waals surface area contributed by atoms with Gasteiger partial charge in [0, 0.05) is 46.4 Å². The molecule has 1 unspecified atom stereocenters. The van der Waals surface area contributed by atoms with E-state index in [2.05, 4.69) is 34.4 Å². The molecular weight excluding hydrogens is 396 g/mol. The van der Waals surface area contributed by atoms with Crippen LogP contribution in [-0.2, 0) is 14.2 Å².